The maximum atomic E-state index is 4.60. The number of hydrogen-bond acceptors (Lipinski definition) is 5. The molecule has 0 fully saturated rings. The van der Waals surface area contributed by atoms with E-state index in [1.165, 1.54) is 0 Å². The zero-order valence-electron chi connectivity index (χ0n) is 13.3. The van der Waals surface area contributed by atoms with E-state index in [2.05, 4.69) is 46.3 Å². The van der Waals surface area contributed by atoms with Crippen molar-refractivity contribution in [3.8, 4) is 0 Å². The van der Waals surface area contributed by atoms with Gasteiger partial charge in [0.05, 0.1) is 6.20 Å². The van der Waals surface area contributed by atoms with Crippen LogP contribution in [0.15, 0.2) is 18.6 Å². The van der Waals surface area contributed by atoms with Gasteiger partial charge in [-0.1, -0.05) is 13.8 Å². The highest BCUT2D eigenvalue weighted by Crippen LogP contribution is 2.16. The highest BCUT2D eigenvalue weighted by Gasteiger charge is 2.07. The normalized spacial score (nSPS) is 11.2. The molecule has 21 heavy (non-hydrogen) atoms. The summed E-state index contributed by atoms with van der Waals surface area (Å²) >= 11 is 0. The highest BCUT2D eigenvalue weighted by molar-refractivity contribution is 5.65. The molecule has 2 heterocycles. The van der Waals surface area contributed by atoms with Crippen LogP contribution in [0.5, 0.6) is 0 Å². The molecule has 2 rings (SSSR count). The summed E-state index contributed by atoms with van der Waals surface area (Å²) in [4.78, 5) is 11.4. The molecule has 2 aromatic heterocycles. The number of anilines is 2. The Balaban J connectivity index is 1.98. The van der Waals surface area contributed by atoms with Gasteiger partial charge in [0.25, 0.3) is 0 Å². The topological polar surface area (TPSA) is 57.5 Å². The van der Waals surface area contributed by atoms with Crippen molar-refractivity contribution in [1.82, 2.24) is 19.3 Å². The Labute approximate surface area is 126 Å². The molecule has 0 saturated carbocycles. The lowest BCUT2D eigenvalue weighted by Gasteiger charge is -2.18. The number of fused-ring (bicyclic) bond motifs is 1. The molecule has 0 aromatic carbocycles. The molecule has 0 radical (unpaired) electrons. The Morgan fingerprint density at radius 2 is 2.00 bits per heavy atom. The van der Waals surface area contributed by atoms with E-state index in [1.807, 2.05) is 16.8 Å². The lowest BCUT2D eigenvalue weighted by Crippen LogP contribution is -2.25. The van der Waals surface area contributed by atoms with E-state index in [-0.39, 0.29) is 0 Å². The van der Waals surface area contributed by atoms with Crippen LogP contribution in [-0.4, -0.2) is 52.0 Å². The maximum absolute atomic E-state index is 4.60. The molecule has 6 heteroatoms. The first-order valence-electron chi connectivity index (χ1n) is 7.82. The van der Waals surface area contributed by atoms with Crippen LogP contribution in [0.25, 0.3) is 5.65 Å². The average molecular weight is 290 g/mol. The zero-order chi connectivity index (χ0) is 15.1. The molecule has 0 aliphatic carbocycles. The van der Waals surface area contributed by atoms with Gasteiger partial charge in [0.15, 0.2) is 11.5 Å². The summed E-state index contributed by atoms with van der Waals surface area (Å²) in [5.74, 6) is 1.72. The van der Waals surface area contributed by atoms with Crippen molar-refractivity contribution in [2.75, 3.05) is 43.4 Å². The van der Waals surface area contributed by atoms with Crippen LogP contribution < -0.4 is 10.6 Å². The Morgan fingerprint density at radius 1 is 1.19 bits per heavy atom. The molecule has 0 amide bonds. The van der Waals surface area contributed by atoms with Gasteiger partial charge in [-0.15, -0.1) is 0 Å². The molecule has 0 atom stereocenters. The van der Waals surface area contributed by atoms with Crippen molar-refractivity contribution in [2.45, 2.75) is 27.2 Å². The minimum Gasteiger partial charge on any atom is -0.369 e. The van der Waals surface area contributed by atoms with Crippen LogP contribution in [0.3, 0.4) is 0 Å². The third-order valence-electron chi connectivity index (χ3n) is 3.57. The molecule has 116 valence electrons. The number of nitrogens with zero attached hydrogens (tertiary/aromatic N) is 4. The predicted octanol–water partition coefficient (Wildman–Crippen LogP) is 2.30. The molecule has 6 nitrogen and oxygen atoms in total. The number of nitrogens with one attached hydrogen (secondary N) is 2. The van der Waals surface area contributed by atoms with Crippen molar-refractivity contribution >= 4 is 17.3 Å². The zero-order valence-corrected chi connectivity index (χ0v) is 13.3. The molecule has 2 N–H and O–H groups in total. The molecule has 0 bridgehead atoms. The number of rotatable bonds is 9. The minimum atomic E-state index is 0.845. The SMILES string of the molecule is CCNc1cn2ccnc2c(NCCCN(CC)CC)n1. The van der Waals surface area contributed by atoms with Crippen LogP contribution in [0.1, 0.15) is 27.2 Å². The van der Waals surface area contributed by atoms with Crippen molar-refractivity contribution in [2.24, 2.45) is 0 Å². The van der Waals surface area contributed by atoms with Gasteiger partial charge in [0.2, 0.25) is 0 Å². The summed E-state index contributed by atoms with van der Waals surface area (Å²) in [5, 5.41) is 6.66. The minimum absolute atomic E-state index is 0.845. The summed E-state index contributed by atoms with van der Waals surface area (Å²) in [7, 11) is 0. The van der Waals surface area contributed by atoms with Gasteiger partial charge in [-0.25, -0.2) is 9.97 Å². The quantitative estimate of drug-likeness (QED) is 0.694. The highest BCUT2D eigenvalue weighted by atomic mass is 15.1. The van der Waals surface area contributed by atoms with E-state index in [4.69, 9.17) is 0 Å². The largest absolute Gasteiger partial charge is 0.369 e. The fourth-order valence-corrected chi connectivity index (χ4v) is 2.37. The second-order valence-corrected chi connectivity index (χ2v) is 4.97. The lowest BCUT2D eigenvalue weighted by molar-refractivity contribution is 0.303. The smallest absolute Gasteiger partial charge is 0.180 e. The van der Waals surface area contributed by atoms with Gasteiger partial charge < -0.3 is 19.9 Å². The summed E-state index contributed by atoms with van der Waals surface area (Å²) < 4.78 is 2.00. The second-order valence-electron chi connectivity index (χ2n) is 4.97. The van der Waals surface area contributed by atoms with Gasteiger partial charge in [0.1, 0.15) is 5.82 Å². The standard InChI is InChI=1S/C15H26N6/c1-4-16-13-12-21-11-9-18-15(21)14(19-13)17-8-7-10-20(5-2)6-3/h9,11-12,16H,4-8,10H2,1-3H3,(H,17,19). The Morgan fingerprint density at radius 3 is 2.71 bits per heavy atom. The summed E-state index contributed by atoms with van der Waals surface area (Å²) in [6, 6.07) is 0. The van der Waals surface area contributed by atoms with Gasteiger partial charge in [0, 0.05) is 25.5 Å². The van der Waals surface area contributed by atoms with E-state index in [1.54, 1.807) is 6.20 Å². The second kappa shape index (κ2) is 7.83. The third kappa shape index (κ3) is 4.07. The maximum Gasteiger partial charge on any atom is 0.180 e. The molecule has 0 unspecified atom stereocenters. The van der Waals surface area contributed by atoms with Crippen molar-refractivity contribution in [3.63, 3.8) is 0 Å². The Kier molecular flexibility index (Phi) is 5.80. The van der Waals surface area contributed by atoms with Crippen LogP contribution in [0, 0.1) is 0 Å². The van der Waals surface area contributed by atoms with E-state index < -0.39 is 0 Å². The van der Waals surface area contributed by atoms with Crippen LogP contribution in [0.4, 0.5) is 11.6 Å². The molecule has 0 aliphatic rings. The Bertz CT molecular complexity index is 546. The summed E-state index contributed by atoms with van der Waals surface area (Å²) in [6.07, 6.45) is 6.81. The van der Waals surface area contributed by atoms with Crippen molar-refractivity contribution < 1.29 is 0 Å². The van der Waals surface area contributed by atoms with E-state index in [0.717, 1.165) is 56.4 Å². The van der Waals surface area contributed by atoms with Crippen molar-refractivity contribution in [1.29, 1.82) is 0 Å². The van der Waals surface area contributed by atoms with Crippen LogP contribution in [0.2, 0.25) is 0 Å². The molecule has 0 aliphatic heterocycles. The first-order valence-corrected chi connectivity index (χ1v) is 7.82. The average Bonchev–Trinajstić information content (AvgIpc) is 2.96. The van der Waals surface area contributed by atoms with Crippen LogP contribution in [-0.2, 0) is 0 Å². The third-order valence-corrected chi connectivity index (χ3v) is 3.57. The van der Waals surface area contributed by atoms with Crippen molar-refractivity contribution in [3.05, 3.63) is 18.6 Å². The lowest BCUT2D eigenvalue weighted by atomic mass is 10.3. The summed E-state index contributed by atoms with van der Waals surface area (Å²) in [5.41, 5.74) is 0.875. The first-order chi connectivity index (χ1) is 10.3. The fraction of sp³-hybridized carbons (Fsp3) is 0.600. The summed E-state index contributed by atoms with van der Waals surface area (Å²) in [6.45, 7) is 11.5. The molecule has 0 spiro atoms. The monoisotopic (exact) mass is 290 g/mol. The fourth-order valence-electron chi connectivity index (χ4n) is 2.37. The molecule has 0 saturated heterocycles. The van der Waals surface area contributed by atoms with Gasteiger partial charge in [-0.2, -0.15) is 0 Å². The molecular weight excluding hydrogens is 264 g/mol. The number of hydrogen-bond donors (Lipinski definition) is 2. The van der Waals surface area contributed by atoms with E-state index in [9.17, 15) is 0 Å². The van der Waals surface area contributed by atoms with E-state index in [0.29, 0.717) is 0 Å². The first kappa shape index (κ1) is 15.6. The van der Waals surface area contributed by atoms with Crippen LogP contribution >= 0.6 is 0 Å². The predicted molar refractivity (Wildman–Crippen MR) is 88.0 cm³/mol. The Hall–Kier alpha value is -1.82. The molecular formula is C15H26N6. The van der Waals surface area contributed by atoms with Gasteiger partial charge in [-0.3, -0.25) is 0 Å². The number of imidazole rings is 1. The number of aromatic nitrogens is 3. The molecule has 2 aromatic rings. The van der Waals surface area contributed by atoms with E-state index >= 15 is 0 Å². The van der Waals surface area contributed by atoms with Gasteiger partial charge in [-0.05, 0) is 33.0 Å². The van der Waals surface area contributed by atoms with Gasteiger partial charge >= 0.3 is 0 Å².